The Bertz CT molecular complexity index is 491. The number of nitriles is 1. The average Bonchev–Trinajstić information content (AvgIpc) is 2.39. The summed E-state index contributed by atoms with van der Waals surface area (Å²) in [5.74, 6) is -0.0761. The summed E-state index contributed by atoms with van der Waals surface area (Å²) in [5.41, 5.74) is 0.506. The maximum Gasteiger partial charge on any atom is 0.321 e. The topological polar surface area (TPSA) is 91.2 Å². The lowest BCUT2D eigenvalue weighted by atomic mass is 10.2. The van der Waals surface area contributed by atoms with Gasteiger partial charge in [-0.2, -0.15) is 5.26 Å². The van der Waals surface area contributed by atoms with E-state index in [9.17, 15) is 9.59 Å². The Kier molecular flexibility index (Phi) is 5.35. The maximum absolute atomic E-state index is 11.6. The number of imide groups is 1. The molecule has 0 fully saturated rings. The van der Waals surface area contributed by atoms with Crippen LogP contribution in [0.1, 0.15) is 19.4 Å². The quantitative estimate of drug-likeness (QED) is 0.851. The second-order valence-electron chi connectivity index (χ2n) is 3.74. The zero-order valence-corrected chi connectivity index (χ0v) is 10.8. The predicted octanol–water partition coefficient (Wildman–Crippen LogP) is 1.17. The van der Waals surface area contributed by atoms with Crippen molar-refractivity contribution in [2.45, 2.75) is 20.0 Å². The summed E-state index contributed by atoms with van der Waals surface area (Å²) in [6.45, 7) is 3.72. The molecular weight excluding hydrogens is 246 g/mol. The maximum atomic E-state index is 11.6. The fourth-order valence-electron chi connectivity index (χ4n) is 1.28. The second kappa shape index (κ2) is 7.01. The number of amides is 3. The summed E-state index contributed by atoms with van der Waals surface area (Å²) < 4.78 is 5.35. The number of nitrogens with zero attached hydrogens (tertiary/aromatic N) is 1. The van der Waals surface area contributed by atoms with Gasteiger partial charge in [-0.1, -0.05) is 0 Å². The van der Waals surface area contributed by atoms with E-state index in [-0.39, 0.29) is 0 Å². The first-order valence-electron chi connectivity index (χ1n) is 5.82. The van der Waals surface area contributed by atoms with Gasteiger partial charge in [0.05, 0.1) is 11.6 Å². The number of hydrogen-bond acceptors (Lipinski definition) is 4. The van der Waals surface area contributed by atoms with Crippen molar-refractivity contribution in [1.29, 1.82) is 5.26 Å². The van der Waals surface area contributed by atoms with Gasteiger partial charge in [0.25, 0.3) is 5.91 Å². The average molecular weight is 261 g/mol. The van der Waals surface area contributed by atoms with Gasteiger partial charge in [0.2, 0.25) is 0 Å². The fourth-order valence-corrected chi connectivity index (χ4v) is 1.28. The first-order chi connectivity index (χ1) is 9.06. The van der Waals surface area contributed by atoms with E-state index in [4.69, 9.17) is 10.00 Å². The van der Waals surface area contributed by atoms with E-state index in [0.29, 0.717) is 17.9 Å². The molecule has 0 saturated heterocycles. The van der Waals surface area contributed by atoms with Crippen molar-refractivity contribution < 1.29 is 14.3 Å². The predicted molar refractivity (Wildman–Crippen MR) is 68.5 cm³/mol. The summed E-state index contributed by atoms with van der Waals surface area (Å²) in [6.07, 6.45) is -0.810. The van der Waals surface area contributed by atoms with E-state index < -0.39 is 18.0 Å². The third-order valence-electron chi connectivity index (χ3n) is 2.24. The lowest BCUT2D eigenvalue weighted by Crippen LogP contribution is -2.45. The number of urea groups is 1. The number of carbonyl (C=O) groups is 2. The van der Waals surface area contributed by atoms with Gasteiger partial charge in [-0.15, -0.1) is 0 Å². The number of hydrogen-bond donors (Lipinski definition) is 2. The second-order valence-corrected chi connectivity index (χ2v) is 3.74. The lowest BCUT2D eigenvalue weighted by Gasteiger charge is -2.14. The molecule has 6 heteroatoms. The molecule has 1 unspecified atom stereocenters. The van der Waals surface area contributed by atoms with E-state index in [1.165, 1.54) is 6.92 Å². The smallest absolute Gasteiger partial charge is 0.321 e. The van der Waals surface area contributed by atoms with Crippen LogP contribution >= 0.6 is 0 Å². The monoisotopic (exact) mass is 261 g/mol. The van der Waals surface area contributed by atoms with Gasteiger partial charge in [-0.3, -0.25) is 10.1 Å². The van der Waals surface area contributed by atoms with Gasteiger partial charge in [-0.05, 0) is 38.1 Å². The summed E-state index contributed by atoms with van der Waals surface area (Å²) in [4.78, 5) is 22.8. The molecule has 0 aliphatic rings. The molecule has 1 atom stereocenters. The van der Waals surface area contributed by atoms with Crippen molar-refractivity contribution in [1.82, 2.24) is 10.6 Å². The highest BCUT2D eigenvalue weighted by Gasteiger charge is 2.16. The van der Waals surface area contributed by atoms with Crippen LogP contribution in [0, 0.1) is 11.3 Å². The third-order valence-corrected chi connectivity index (χ3v) is 2.24. The minimum absolute atomic E-state index is 0.434. The molecule has 6 nitrogen and oxygen atoms in total. The number of ether oxygens (including phenoxy) is 1. The van der Waals surface area contributed by atoms with Crippen molar-refractivity contribution in [3.8, 4) is 11.8 Å². The van der Waals surface area contributed by atoms with E-state index in [0.717, 1.165) is 0 Å². The molecule has 1 aromatic rings. The Morgan fingerprint density at radius 3 is 2.53 bits per heavy atom. The van der Waals surface area contributed by atoms with Gasteiger partial charge in [0.15, 0.2) is 6.10 Å². The zero-order chi connectivity index (χ0) is 14.3. The minimum atomic E-state index is -0.810. The van der Waals surface area contributed by atoms with Crippen LogP contribution in [0.4, 0.5) is 4.79 Å². The molecule has 0 radical (unpaired) electrons. The summed E-state index contributed by atoms with van der Waals surface area (Å²) >= 11 is 0. The van der Waals surface area contributed by atoms with Gasteiger partial charge in [-0.25, -0.2) is 4.79 Å². The van der Waals surface area contributed by atoms with Crippen LogP contribution in [0.5, 0.6) is 5.75 Å². The molecule has 0 heterocycles. The Hall–Kier alpha value is -2.55. The van der Waals surface area contributed by atoms with Crippen molar-refractivity contribution >= 4 is 11.9 Å². The Balaban J connectivity index is 2.53. The largest absolute Gasteiger partial charge is 0.481 e. The molecule has 3 amide bonds. The van der Waals surface area contributed by atoms with Crippen LogP contribution in [0.3, 0.4) is 0 Å². The van der Waals surface area contributed by atoms with E-state index in [1.807, 2.05) is 6.07 Å². The van der Waals surface area contributed by atoms with Gasteiger partial charge in [0.1, 0.15) is 5.75 Å². The Morgan fingerprint density at radius 2 is 2.00 bits per heavy atom. The molecule has 100 valence electrons. The van der Waals surface area contributed by atoms with Crippen molar-refractivity contribution in [2.24, 2.45) is 0 Å². The molecule has 1 aromatic carbocycles. The number of benzene rings is 1. The minimum Gasteiger partial charge on any atom is -0.481 e. The molecule has 19 heavy (non-hydrogen) atoms. The molecule has 0 aliphatic carbocycles. The number of rotatable bonds is 4. The van der Waals surface area contributed by atoms with Crippen LogP contribution in [-0.2, 0) is 4.79 Å². The van der Waals surface area contributed by atoms with Gasteiger partial charge < -0.3 is 10.1 Å². The molecular formula is C13H15N3O3. The van der Waals surface area contributed by atoms with E-state index >= 15 is 0 Å². The normalized spacial score (nSPS) is 11.0. The molecule has 0 aromatic heterocycles. The first kappa shape index (κ1) is 14.5. The molecule has 0 bridgehead atoms. The fraction of sp³-hybridized carbons (Fsp3) is 0.308. The Morgan fingerprint density at radius 1 is 1.37 bits per heavy atom. The lowest BCUT2D eigenvalue weighted by molar-refractivity contribution is -0.126. The van der Waals surface area contributed by atoms with E-state index in [1.54, 1.807) is 31.2 Å². The Labute approximate surface area is 111 Å². The standard InChI is InChI=1S/C13H15N3O3/c1-3-15-13(18)16-12(17)9(2)19-11-6-4-10(8-14)5-7-11/h4-7,9H,3H2,1-2H3,(H2,15,16,17,18). The van der Waals surface area contributed by atoms with Crippen molar-refractivity contribution in [3.63, 3.8) is 0 Å². The zero-order valence-electron chi connectivity index (χ0n) is 10.8. The van der Waals surface area contributed by atoms with Crippen molar-refractivity contribution in [3.05, 3.63) is 29.8 Å². The highest BCUT2D eigenvalue weighted by molar-refractivity contribution is 5.96. The molecule has 1 rings (SSSR count). The van der Waals surface area contributed by atoms with Gasteiger partial charge >= 0.3 is 6.03 Å². The molecule has 0 saturated carbocycles. The molecule has 0 spiro atoms. The SMILES string of the molecule is CCNC(=O)NC(=O)C(C)Oc1ccc(C#N)cc1. The van der Waals surface area contributed by atoms with Crippen LogP contribution < -0.4 is 15.4 Å². The highest BCUT2D eigenvalue weighted by Crippen LogP contribution is 2.13. The number of nitrogens with one attached hydrogen (secondary N) is 2. The summed E-state index contributed by atoms with van der Waals surface area (Å²) in [5, 5.41) is 13.3. The highest BCUT2D eigenvalue weighted by atomic mass is 16.5. The molecule has 2 N–H and O–H groups in total. The van der Waals surface area contributed by atoms with Crippen LogP contribution in [0.15, 0.2) is 24.3 Å². The third kappa shape index (κ3) is 4.68. The van der Waals surface area contributed by atoms with Crippen LogP contribution in [0.25, 0.3) is 0 Å². The van der Waals surface area contributed by atoms with Gasteiger partial charge in [0, 0.05) is 6.54 Å². The number of carbonyl (C=O) groups excluding carboxylic acids is 2. The van der Waals surface area contributed by atoms with E-state index in [2.05, 4.69) is 10.6 Å². The van der Waals surface area contributed by atoms with Crippen molar-refractivity contribution in [2.75, 3.05) is 6.54 Å². The summed E-state index contributed by atoms with van der Waals surface area (Å²) in [7, 11) is 0. The van der Waals surface area contributed by atoms with Crippen LogP contribution in [0.2, 0.25) is 0 Å². The first-order valence-corrected chi connectivity index (χ1v) is 5.82. The van der Waals surface area contributed by atoms with Crippen LogP contribution in [-0.4, -0.2) is 24.6 Å². The summed E-state index contributed by atoms with van der Waals surface area (Å²) in [6, 6.07) is 7.79. The molecule has 0 aliphatic heterocycles.